The highest BCUT2D eigenvalue weighted by Crippen LogP contribution is 2.01. The average Bonchev–Trinajstić information content (AvgIpc) is 2.19. The Morgan fingerprint density at radius 1 is 1.31 bits per heavy atom. The Hall–Kier alpha value is -1.34. The summed E-state index contributed by atoms with van der Waals surface area (Å²) >= 11 is 0. The molecule has 68 valence electrons. The van der Waals surface area contributed by atoms with Gasteiger partial charge >= 0.3 is 0 Å². The lowest BCUT2D eigenvalue weighted by atomic mass is 10.2. The van der Waals surface area contributed by atoms with Gasteiger partial charge in [-0.1, -0.05) is 48.6 Å². The number of aliphatic hydroxyl groups excluding tert-OH is 1. The van der Waals surface area contributed by atoms with Gasteiger partial charge in [0.15, 0.2) is 0 Å². The molecule has 0 atom stereocenters. The van der Waals surface area contributed by atoms with Crippen molar-refractivity contribution in [3.05, 3.63) is 53.6 Å². The highest BCUT2D eigenvalue weighted by Gasteiger charge is 1.82. The minimum atomic E-state index is 0.124. The number of hydrogen-bond donors (Lipinski definition) is 1. The predicted molar refractivity (Wildman–Crippen MR) is 56.3 cm³/mol. The van der Waals surface area contributed by atoms with Gasteiger partial charge in [0, 0.05) is 0 Å². The molecule has 0 amide bonds. The third-order valence-electron chi connectivity index (χ3n) is 1.72. The molecule has 0 aliphatic rings. The van der Waals surface area contributed by atoms with Gasteiger partial charge in [-0.05, 0) is 18.1 Å². The predicted octanol–water partition coefficient (Wildman–Crippen LogP) is 2.64. The second-order valence-electron chi connectivity index (χ2n) is 2.94. The van der Waals surface area contributed by atoms with Gasteiger partial charge in [-0.25, -0.2) is 0 Å². The van der Waals surface area contributed by atoms with E-state index in [0.717, 1.165) is 5.57 Å². The van der Waals surface area contributed by atoms with E-state index in [9.17, 15) is 0 Å². The maximum atomic E-state index is 8.73. The van der Waals surface area contributed by atoms with Crippen LogP contribution in [-0.2, 0) is 0 Å². The molecular formula is C12H14O. The van der Waals surface area contributed by atoms with Crippen molar-refractivity contribution in [3.63, 3.8) is 0 Å². The molecule has 13 heavy (non-hydrogen) atoms. The van der Waals surface area contributed by atoms with E-state index >= 15 is 0 Å². The summed E-state index contributed by atoms with van der Waals surface area (Å²) in [6, 6.07) is 10.1. The molecule has 1 heteroatoms. The Morgan fingerprint density at radius 3 is 2.62 bits per heavy atom. The van der Waals surface area contributed by atoms with E-state index in [1.165, 1.54) is 5.56 Å². The average molecular weight is 174 g/mol. The number of benzene rings is 1. The summed E-state index contributed by atoms with van der Waals surface area (Å²) in [6.07, 6.45) is 5.87. The lowest BCUT2D eigenvalue weighted by Crippen LogP contribution is -1.80. The summed E-state index contributed by atoms with van der Waals surface area (Å²) in [5.74, 6) is 0. The third kappa shape index (κ3) is 3.72. The highest BCUT2D eigenvalue weighted by molar-refractivity contribution is 5.50. The number of aliphatic hydroxyl groups is 1. The van der Waals surface area contributed by atoms with Crippen LogP contribution < -0.4 is 0 Å². The monoisotopic (exact) mass is 174 g/mol. The minimum absolute atomic E-state index is 0.124. The van der Waals surface area contributed by atoms with E-state index in [1.807, 2.05) is 55.5 Å². The Bertz CT molecular complexity index is 296. The second-order valence-corrected chi connectivity index (χ2v) is 2.94. The van der Waals surface area contributed by atoms with Crippen molar-refractivity contribution in [2.75, 3.05) is 6.61 Å². The van der Waals surface area contributed by atoms with Crippen LogP contribution in [0, 0.1) is 0 Å². The molecule has 1 N–H and O–H groups in total. The summed E-state index contributed by atoms with van der Waals surface area (Å²) in [4.78, 5) is 0. The maximum Gasteiger partial charge on any atom is 0.0642 e. The first-order valence-corrected chi connectivity index (χ1v) is 4.32. The molecule has 0 bridgehead atoms. The van der Waals surface area contributed by atoms with E-state index in [2.05, 4.69) is 0 Å². The van der Waals surface area contributed by atoms with Crippen LogP contribution in [0.3, 0.4) is 0 Å². The summed E-state index contributed by atoms with van der Waals surface area (Å²) < 4.78 is 0. The molecule has 0 radical (unpaired) electrons. The topological polar surface area (TPSA) is 20.2 Å². The van der Waals surface area contributed by atoms with Crippen LogP contribution in [0.5, 0.6) is 0 Å². The van der Waals surface area contributed by atoms with Crippen LogP contribution in [0.25, 0.3) is 6.08 Å². The molecule has 0 aromatic heterocycles. The van der Waals surface area contributed by atoms with Gasteiger partial charge in [-0.2, -0.15) is 0 Å². The first kappa shape index (κ1) is 9.75. The summed E-state index contributed by atoms with van der Waals surface area (Å²) in [6.45, 7) is 2.02. The molecule has 0 saturated heterocycles. The van der Waals surface area contributed by atoms with Crippen LogP contribution in [0.4, 0.5) is 0 Å². The second kappa shape index (κ2) is 5.33. The van der Waals surface area contributed by atoms with Gasteiger partial charge in [-0.15, -0.1) is 0 Å². The lowest BCUT2D eigenvalue weighted by Gasteiger charge is -1.91. The zero-order valence-electron chi connectivity index (χ0n) is 7.77. The Labute approximate surface area is 79.0 Å². The quantitative estimate of drug-likeness (QED) is 0.698. The molecule has 0 spiro atoms. The third-order valence-corrected chi connectivity index (χ3v) is 1.72. The summed E-state index contributed by atoms with van der Waals surface area (Å²) in [5, 5.41) is 8.73. The van der Waals surface area contributed by atoms with Crippen molar-refractivity contribution < 1.29 is 5.11 Å². The van der Waals surface area contributed by atoms with Gasteiger partial charge in [0.25, 0.3) is 0 Å². The van der Waals surface area contributed by atoms with E-state index < -0.39 is 0 Å². The highest BCUT2D eigenvalue weighted by atomic mass is 16.3. The molecule has 0 unspecified atom stereocenters. The van der Waals surface area contributed by atoms with Crippen molar-refractivity contribution in [2.45, 2.75) is 6.92 Å². The first-order valence-electron chi connectivity index (χ1n) is 4.32. The molecule has 1 rings (SSSR count). The van der Waals surface area contributed by atoms with Crippen LogP contribution >= 0.6 is 0 Å². The van der Waals surface area contributed by atoms with E-state index in [4.69, 9.17) is 5.11 Å². The van der Waals surface area contributed by atoms with Gasteiger partial charge in [-0.3, -0.25) is 0 Å². The van der Waals surface area contributed by atoms with Gasteiger partial charge in [0.05, 0.1) is 6.61 Å². The Morgan fingerprint density at radius 2 is 2.00 bits per heavy atom. The fraction of sp³-hybridized carbons (Fsp3) is 0.167. The van der Waals surface area contributed by atoms with Gasteiger partial charge in [0.2, 0.25) is 0 Å². The molecule has 0 aliphatic heterocycles. The normalized spacial score (nSPS) is 12.3. The van der Waals surface area contributed by atoms with Crippen molar-refractivity contribution in [3.8, 4) is 0 Å². The molecule has 1 aromatic rings. The molecule has 0 saturated carbocycles. The van der Waals surface area contributed by atoms with Crippen molar-refractivity contribution in [1.29, 1.82) is 0 Å². The van der Waals surface area contributed by atoms with E-state index in [1.54, 1.807) is 0 Å². The minimum Gasteiger partial charge on any atom is -0.392 e. The zero-order valence-corrected chi connectivity index (χ0v) is 7.77. The number of hydrogen-bond acceptors (Lipinski definition) is 1. The fourth-order valence-electron chi connectivity index (χ4n) is 0.940. The van der Waals surface area contributed by atoms with E-state index in [0.29, 0.717) is 0 Å². The van der Waals surface area contributed by atoms with Crippen LogP contribution in [0.1, 0.15) is 12.5 Å². The summed E-state index contributed by atoms with van der Waals surface area (Å²) in [7, 11) is 0. The van der Waals surface area contributed by atoms with Crippen LogP contribution in [0.15, 0.2) is 48.1 Å². The number of rotatable bonds is 3. The zero-order chi connectivity index (χ0) is 9.52. The largest absolute Gasteiger partial charge is 0.392 e. The van der Waals surface area contributed by atoms with Crippen molar-refractivity contribution >= 4 is 6.08 Å². The fourth-order valence-corrected chi connectivity index (χ4v) is 0.940. The SMILES string of the molecule is CC(=CC=Cc1ccccc1)CO. The van der Waals surface area contributed by atoms with E-state index in [-0.39, 0.29) is 6.61 Å². The first-order chi connectivity index (χ1) is 6.33. The molecule has 1 nitrogen and oxygen atoms in total. The molecule has 1 aromatic carbocycles. The Balaban J connectivity index is 2.60. The standard InChI is InChI=1S/C12H14O/c1-11(10-13)6-5-9-12-7-3-2-4-8-12/h2-9,13H,10H2,1H3. The maximum absolute atomic E-state index is 8.73. The van der Waals surface area contributed by atoms with Crippen LogP contribution in [0.2, 0.25) is 0 Å². The lowest BCUT2D eigenvalue weighted by molar-refractivity contribution is 0.331. The van der Waals surface area contributed by atoms with Crippen molar-refractivity contribution in [1.82, 2.24) is 0 Å². The smallest absolute Gasteiger partial charge is 0.0642 e. The van der Waals surface area contributed by atoms with Crippen molar-refractivity contribution in [2.24, 2.45) is 0 Å². The number of allylic oxidation sites excluding steroid dienone is 2. The summed E-state index contributed by atoms with van der Waals surface area (Å²) in [5.41, 5.74) is 2.14. The van der Waals surface area contributed by atoms with Crippen LogP contribution in [-0.4, -0.2) is 11.7 Å². The van der Waals surface area contributed by atoms with Gasteiger partial charge in [0.1, 0.15) is 0 Å². The molecular weight excluding hydrogens is 160 g/mol. The van der Waals surface area contributed by atoms with Gasteiger partial charge < -0.3 is 5.11 Å². The Kier molecular flexibility index (Phi) is 4.00. The molecule has 0 heterocycles. The molecule has 0 fully saturated rings. The molecule has 0 aliphatic carbocycles.